The Kier molecular flexibility index (Phi) is 3.08. The standard InChI is InChI=1S/C18H19ClN2/c19-17(16(11-20)15-1-3-21-4-2-15)18-8-12-5-13(9-18)7-14(6-12)10-18/h1-4,12-14H,5-10H2/b17-16-. The molecule has 1 aromatic heterocycles. The van der Waals surface area contributed by atoms with E-state index in [1.165, 1.54) is 38.5 Å². The minimum atomic E-state index is 0.0879. The highest BCUT2D eigenvalue weighted by molar-refractivity contribution is 6.34. The summed E-state index contributed by atoms with van der Waals surface area (Å²) < 4.78 is 0. The molecule has 4 fully saturated rings. The lowest BCUT2D eigenvalue weighted by atomic mass is 9.49. The Bertz CT molecular complexity index is 591. The van der Waals surface area contributed by atoms with Gasteiger partial charge in [-0.15, -0.1) is 0 Å². The van der Waals surface area contributed by atoms with E-state index in [0.717, 1.165) is 28.3 Å². The summed E-state index contributed by atoms with van der Waals surface area (Å²) in [6.45, 7) is 0. The molecule has 5 rings (SSSR count). The number of hydrogen-bond acceptors (Lipinski definition) is 2. The van der Waals surface area contributed by atoms with Crippen LogP contribution in [0.15, 0.2) is 29.6 Å². The van der Waals surface area contributed by atoms with Crippen molar-refractivity contribution in [2.24, 2.45) is 23.2 Å². The van der Waals surface area contributed by atoms with Crippen molar-refractivity contribution in [1.82, 2.24) is 4.98 Å². The van der Waals surface area contributed by atoms with Crippen LogP contribution in [-0.4, -0.2) is 4.98 Å². The fourth-order valence-electron chi connectivity index (χ4n) is 5.40. The highest BCUT2D eigenvalue weighted by atomic mass is 35.5. The maximum absolute atomic E-state index is 9.64. The molecule has 4 aliphatic carbocycles. The number of nitriles is 1. The molecule has 4 saturated carbocycles. The number of aromatic nitrogens is 1. The Morgan fingerprint density at radius 3 is 2.10 bits per heavy atom. The number of hydrogen-bond donors (Lipinski definition) is 0. The van der Waals surface area contributed by atoms with Gasteiger partial charge in [0.1, 0.15) is 6.07 Å². The predicted molar refractivity (Wildman–Crippen MR) is 83.2 cm³/mol. The van der Waals surface area contributed by atoms with Gasteiger partial charge in [-0.25, -0.2) is 0 Å². The van der Waals surface area contributed by atoms with Crippen LogP contribution in [0.25, 0.3) is 5.57 Å². The van der Waals surface area contributed by atoms with Crippen LogP contribution in [0.5, 0.6) is 0 Å². The first-order valence-electron chi connectivity index (χ1n) is 7.91. The van der Waals surface area contributed by atoms with Gasteiger partial charge < -0.3 is 0 Å². The van der Waals surface area contributed by atoms with Crippen LogP contribution in [0.2, 0.25) is 0 Å². The first-order valence-corrected chi connectivity index (χ1v) is 8.29. The van der Waals surface area contributed by atoms with Crippen molar-refractivity contribution >= 4 is 17.2 Å². The minimum Gasteiger partial charge on any atom is -0.265 e. The van der Waals surface area contributed by atoms with E-state index in [-0.39, 0.29) is 5.41 Å². The maximum atomic E-state index is 9.64. The number of pyridine rings is 1. The quantitative estimate of drug-likeness (QED) is 0.737. The van der Waals surface area contributed by atoms with E-state index >= 15 is 0 Å². The van der Waals surface area contributed by atoms with Crippen LogP contribution in [0, 0.1) is 34.5 Å². The molecule has 0 aromatic carbocycles. The zero-order valence-electron chi connectivity index (χ0n) is 12.1. The zero-order valence-corrected chi connectivity index (χ0v) is 12.8. The Balaban J connectivity index is 1.78. The first kappa shape index (κ1) is 13.3. The number of rotatable bonds is 2. The van der Waals surface area contributed by atoms with Gasteiger partial charge in [-0.05, 0) is 74.0 Å². The van der Waals surface area contributed by atoms with Crippen LogP contribution >= 0.6 is 11.6 Å². The van der Waals surface area contributed by atoms with E-state index in [0.29, 0.717) is 5.57 Å². The third-order valence-corrected chi connectivity index (χ3v) is 6.39. The zero-order chi connectivity index (χ0) is 14.4. The van der Waals surface area contributed by atoms with Crippen LogP contribution in [0.4, 0.5) is 0 Å². The molecule has 4 aliphatic rings. The van der Waals surface area contributed by atoms with E-state index in [4.69, 9.17) is 11.6 Å². The lowest BCUT2D eigenvalue weighted by Crippen LogP contribution is -2.46. The van der Waals surface area contributed by atoms with Gasteiger partial charge in [-0.2, -0.15) is 5.26 Å². The summed E-state index contributed by atoms with van der Waals surface area (Å²) in [7, 11) is 0. The molecule has 2 nitrogen and oxygen atoms in total. The van der Waals surface area contributed by atoms with Crippen LogP contribution < -0.4 is 0 Å². The fourth-order valence-corrected chi connectivity index (χ4v) is 5.79. The van der Waals surface area contributed by atoms with Crippen molar-refractivity contribution in [3.05, 3.63) is 35.1 Å². The highest BCUT2D eigenvalue weighted by Gasteiger charge is 2.52. The Labute approximate surface area is 130 Å². The summed E-state index contributed by atoms with van der Waals surface area (Å²) in [5.74, 6) is 2.51. The van der Waals surface area contributed by atoms with Gasteiger partial charge in [0.15, 0.2) is 0 Å². The minimum absolute atomic E-state index is 0.0879. The van der Waals surface area contributed by atoms with Crippen molar-refractivity contribution in [3.63, 3.8) is 0 Å². The van der Waals surface area contributed by atoms with Gasteiger partial charge in [0.2, 0.25) is 0 Å². The Morgan fingerprint density at radius 2 is 1.62 bits per heavy atom. The molecule has 1 heterocycles. The molecular formula is C18H19ClN2. The van der Waals surface area contributed by atoms with Gasteiger partial charge in [0.05, 0.1) is 5.57 Å². The number of allylic oxidation sites excluding steroid dienone is 2. The molecule has 0 N–H and O–H groups in total. The summed E-state index contributed by atoms with van der Waals surface area (Å²) in [5.41, 5.74) is 1.67. The monoisotopic (exact) mass is 298 g/mol. The van der Waals surface area contributed by atoms with Crippen molar-refractivity contribution in [2.45, 2.75) is 38.5 Å². The second kappa shape index (κ2) is 4.85. The summed E-state index contributed by atoms with van der Waals surface area (Å²) in [4.78, 5) is 4.04. The topological polar surface area (TPSA) is 36.7 Å². The molecule has 108 valence electrons. The van der Waals surface area contributed by atoms with Crippen LogP contribution in [0.1, 0.15) is 44.1 Å². The molecule has 0 amide bonds. The average molecular weight is 299 g/mol. The molecule has 0 saturated heterocycles. The van der Waals surface area contributed by atoms with Gasteiger partial charge in [0, 0.05) is 22.8 Å². The molecule has 1 aromatic rings. The molecule has 3 heteroatoms. The molecule has 0 unspecified atom stereocenters. The maximum Gasteiger partial charge on any atom is 0.101 e. The van der Waals surface area contributed by atoms with Crippen molar-refractivity contribution in [1.29, 1.82) is 5.26 Å². The summed E-state index contributed by atoms with van der Waals surface area (Å²) in [6.07, 6.45) is 11.2. The van der Waals surface area contributed by atoms with Gasteiger partial charge in [-0.3, -0.25) is 4.98 Å². The normalized spacial score (nSPS) is 38.0. The number of nitrogens with zero attached hydrogens (tertiary/aromatic N) is 2. The molecule has 0 spiro atoms. The van der Waals surface area contributed by atoms with Crippen molar-refractivity contribution < 1.29 is 0 Å². The summed E-state index contributed by atoms with van der Waals surface area (Å²) >= 11 is 6.84. The van der Waals surface area contributed by atoms with E-state index in [9.17, 15) is 5.26 Å². The molecular weight excluding hydrogens is 280 g/mol. The van der Waals surface area contributed by atoms with Crippen LogP contribution in [-0.2, 0) is 0 Å². The predicted octanol–water partition coefficient (Wildman–Crippen LogP) is 4.77. The van der Waals surface area contributed by atoms with E-state index in [1.54, 1.807) is 12.4 Å². The SMILES string of the molecule is N#C/C(=C(/Cl)C12CC3CC(CC(C3)C1)C2)c1ccncc1. The van der Waals surface area contributed by atoms with E-state index in [2.05, 4.69) is 11.1 Å². The van der Waals surface area contributed by atoms with E-state index < -0.39 is 0 Å². The van der Waals surface area contributed by atoms with Crippen molar-refractivity contribution in [3.8, 4) is 6.07 Å². The lowest BCUT2D eigenvalue weighted by Gasteiger charge is -2.56. The molecule has 0 aliphatic heterocycles. The molecule has 4 bridgehead atoms. The number of halogens is 1. The third kappa shape index (κ3) is 2.10. The molecule has 0 atom stereocenters. The summed E-state index contributed by atoms with van der Waals surface area (Å²) in [5, 5.41) is 10.5. The molecule has 0 radical (unpaired) electrons. The fraction of sp³-hybridized carbons (Fsp3) is 0.556. The van der Waals surface area contributed by atoms with E-state index in [1.807, 2.05) is 12.1 Å². The highest BCUT2D eigenvalue weighted by Crippen LogP contribution is 2.64. The van der Waals surface area contributed by atoms with Crippen LogP contribution in [0.3, 0.4) is 0 Å². The van der Waals surface area contributed by atoms with Gasteiger partial charge >= 0.3 is 0 Å². The third-order valence-electron chi connectivity index (χ3n) is 5.80. The second-order valence-electron chi connectivity index (χ2n) is 7.23. The van der Waals surface area contributed by atoms with Crippen molar-refractivity contribution in [2.75, 3.05) is 0 Å². The van der Waals surface area contributed by atoms with Gasteiger partial charge in [-0.1, -0.05) is 11.6 Å². The average Bonchev–Trinajstić information content (AvgIpc) is 2.47. The first-order chi connectivity index (χ1) is 10.2. The summed E-state index contributed by atoms with van der Waals surface area (Å²) in [6, 6.07) is 6.14. The largest absolute Gasteiger partial charge is 0.265 e. The second-order valence-corrected chi connectivity index (χ2v) is 7.61. The Morgan fingerprint density at radius 1 is 1.10 bits per heavy atom. The van der Waals surface area contributed by atoms with Gasteiger partial charge in [0.25, 0.3) is 0 Å². The molecule has 21 heavy (non-hydrogen) atoms. The smallest absolute Gasteiger partial charge is 0.101 e. The Hall–Kier alpha value is -1.33. The lowest BCUT2D eigenvalue weighted by molar-refractivity contribution is -0.0260.